The Hall–Kier alpha value is -0.930. The van der Waals surface area contributed by atoms with Crippen LogP contribution in [0.25, 0.3) is 0 Å². The molecule has 1 rings (SSSR count). The molecule has 0 aliphatic carbocycles. The van der Waals surface area contributed by atoms with Gasteiger partial charge in [-0.2, -0.15) is 0 Å². The predicted molar refractivity (Wildman–Crippen MR) is 93.0 cm³/mol. The van der Waals surface area contributed by atoms with Crippen LogP contribution in [0, 0.1) is 0 Å². The van der Waals surface area contributed by atoms with Crippen LogP contribution in [0.15, 0.2) is 18.2 Å². The Bertz CT molecular complexity index is 452. The summed E-state index contributed by atoms with van der Waals surface area (Å²) in [4.78, 5) is 11.6. The summed E-state index contributed by atoms with van der Waals surface area (Å²) < 4.78 is 5.54. The van der Waals surface area contributed by atoms with Gasteiger partial charge in [-0.05, 0) is 31.0 Å². The Morgan fingerprint density at radius 3 is 2.64 bits per heavy atom. The van der Waals surface area contributed by atoms with E-state index in [2.05, 4.69) is 12.2 Å². The van der Waals surface area contributed by atoms with E-state index in [1.54, 1.807) is 18.2 Å². The second kappa shape index (κ2) is 11.6. The van der Waals surface area contributed by atoms with E-state index >= 15 is 0 Å². The van der Waals surface area contributed by atoms with Gasteiger partial charge >= 0.3 is 0 Å². The summed E-state index contributed by atoms with van der Waals surface area (Å²) in [5, 5.41) is 4.01. The Morgan fingerprint density at radius 2 is 1.91 bits per heavy atom. The van der Waals surface area contributed by atoms with Crippen molar-refractivity contribution in [2.24, 2.45) is 0 Å². The Balaban J connectivity index is 2.05. The highest BCUT2D eigenvalue weighted by atomic mass is 35.5. The monoisotopic (exact) mass is 345 g/mol. The lowest BCUT2D eigenvalue weighted by Crippen LogP contribution is -2.24. The van der Waals surface area contributed by atoms with Crippen molar-refractivity contribution >= 4 is 29.1 Å². The van der Waals surface area contributed by atoms with E-state index in [0.717, 1.165) is 13.0 Å². The Kier molecular flexibility index (Phi) is 10.1. The van der Waals surface area contributed by atoms with Crippen molar-refractivity contribution < 1.29 is 9.53 Å². The minimum atomic E-state index is 0.0845. The lowest BCUT2D eigenvalue weighted by atomic mass is 10.1. The molecule has 0 aliphatic heterocycles. The second-order valence-electron chi connectivity index (χ2n) is 5.29. The molecule has 0 bridgehead atoms. The fourth-order valence-electron chi connectivity index (χ4n) is 2.05. The molecule has 1 aromatic carbocycles. The molecular formula is C17H25Cl2NO2. The third-order valence-corrected chi connectivity index (χ3v) is 3.83. The van der Waals surface area contributed by atoms with Gasteiger partial charge in [0.2, 0.25) is 5.91 Å². The van der Waals surface area contributed by atoms with Crippen LogP contribution in [0.1, 0.15) is 51.9 Å². The fourth-order valence-corrected chi connectivity index (χ4v) is 2.51. The van der Waals surface area contributed by atoms with Gasteiger partial charge in [0.15, 0.2) is 0 Å². The topological polar surface area (TPSA) is 38.3 Å². The lowest BCUT2D eigenvalue weighted by molar-refractivity contribution is -0.121. The van der Waals surface area contributed by atoms with Gasteiger partial charge in [-0.25, -0.2) is 0 Å². The van der Waals surface area contributed by atoms with E-state index in [9.17, 15) is 4.79 Å². The minimum absolute atomic E-state index is 0.0845. The third kappa shape index (κ3) is 8.50. The van der Waals surface area contributed by atoms with Crippen LogP contribution in [0.3, 0.4) is 0 Å². The van der Waals surface area contributed by atoms with Gasteiger partial charge in [0.05, 0.1) is 11.6 Å². The molecule has 3 nitrogen and oxygen atoms in total. The summed E-state index contributed by atoms with van der Waals surface area (Å²) in [6.07, 6.45) is 7.15. The number of benzene rings is 1. The number of hydrogen-bond donors (Lipinski definition) is 1. The van der Waals surface area contributed by atoms with Gasteiger partial charge in [0, 0.05) is 18.0 Å². The Labute approximate surface area is 143 Å². The molecule has 22 heavy (non-hydrogen) atoms. The number of rotatable bonds is 11. The maximum Gasteiger partial charge on any atom is 0.220 e. The van der Waals surface area contributed by atoms with E-state index in [0.29, 0.717) is 35.2 Å². The molecule has 0 aromatic heterocycles. The van der Waals surface area contributed by atoms with Crippen molar-refractivity contribution in [2.75, 3.05) is 13.2 Å². The second-order valence-corrected chi connectivity index (χ2v) is 6.13. The van der Waals surface area contributed by atoms with Gasteiger partial charge in [0.25, 0.3) is 0 Å². The van der Waals surface area contributed by atoms with Crippen molar-refractivity contribution in [2.45, 2.75) is 51.9 Å². The first-order valence-electron chi connectivity index (χ1n) is 7.98. The molecule has 0 unspecified atom stereocenters. The normalized spacial score (nSPS) is 10.5. The van der Waals surface area contributed by atoms with E-state index in [1.165, 1.54) is 25.7 Å². The summed E-state index contributed by atoms with van der Waals surface area (Å²) in [6, 6.07) is 5.11. The average molecular weight is 346 g/mol. The largest absolute Gasteiger partial charge is 0.492 e. The number of amides is 1. The summed E-state index contributed by atoms with van der Waals surface area (Å²) in [5.74, 6) is 0.684. The van der Waals surface area contributed by atoms with Crippen LogP contribution in [-0.4, -0.2) is 19.1 Å². The molecule has 0 atom stereocenters. The molecule has 0 aliphatic rings. The number of carbonyl (C=O) groups excluding carboxylic acids is 1. The molecule has 0 radical (unpaired) electrons. The number of ether oxygens (including phenoxy) is 1. The van der Waals surface area contributed by atoms with Gasteiger partial charge in [-0.1, -0.05) is 55.8 Å². The van der Waals surface area contributed by atoms with E-state index in [4.69, 9.17) is 27.9 Å². The van der Waals surface area contributed by atoms with Crippen molar-refractivity contribution in [3.05, 3.63) is 28.2 Å². The van der Waals surface area contributed by atoms with Gasteiger partial charge < -0.3 is 10.1 Å². The standard InChI is InChI=1S/C17H25Cl2NO2/c1-2-3-4-5-6-11-20-17(21)8-7-12-22-16-10-9-14(18)13-15(16)19/h9-10,13H,2-8,11-12H2,1H3,(H,20,21). The third-order valence-electron chi connectivity index (χ3n) is 3.30. The van der Waals surface area contributed by atoms with Crippen molar-refractivity contribution in [3.63, 3.8) is 0 Å². The zero-order chi connectivity index (χ0) is 16.2. The highest BCUT2D eigenvalue weighted by molar-refractivity contribution is 6.35. The predicted octanol–water partition coefficient (Wildman–Crippen LogP) is 5.24. The molecule has 0 saturated heterocycles. The van der Waals surface area contributed by atoms with Crippen molar-refractivity contribution in [1.29, 1.82) is 0 Å². The first kappa shape index (κ1) is 19.1. The zero-order valence-electron chi connectivity index (χ0n) is 13.2. The Morgan fingerprint density at radius 1 is 1.14 bits per heavy atom. The molecule has 0 saturated carbocycles. The maximum absolute atomic E-state index is 11.6. The van der Waals surface area contributed by atoms with Gasteiger partial charge in [-0.15, -0.1) is 0 Å². The molecule has 1 amide bonds. The summed E-state index contributed by atoms with van der Waals surface area (Å²) >= 11 is 11.8. The van der Waals surface area contributed by atoms with Crippen LogP contribution < -0.4 is 10.1 Å². The van der Waals surface area contributed by atoms with Crippen LogP contribution in [0.4, 0.5) is 0 Å². The highest BCUT2D eigenvalue weighted by Crippen LogP contribution is 2.27. The van der Waals surface area contributed by atoms with Crippen molar-refractivity contribution in [1.82, 2.24) is 5.32 Å². The summed E-state index contributed by atoms with van der Waals surface area (Å²) in [7, 11) is 0. The van der Waals surface area contributed by atoms with Crippen molar-refractivity contribution in [3.8, 4) is 5.75 Å². The summed E-state index contributed by atoms with van der Waals surface area (Å²) in [5.41, 5.74) is 0. The fraction of sp³-hybridized carbons (Fsp3) is 0.588. The highest BCUT2D eigenvalue weighted by Gasteiger charge is 2.04. The number of halogens is 2. The first-order chi connectivity index (χ1) is 10.6. The zero-order valence-corrected chi connectivity index (χ0v) is 14.7. The molecule has 0 heterocycles. The van der Waals surface area contributed by atoms with Crippen LogP contribution >= 0.6 is 23.2 Å². The first-order valence-corrected chi connectivity index (χ1v) is 8.73. The number of hydrogen-bond acceptors (Lipinski definition) is 2. The maximum atomic E-state index is 11.6. The molecule has 0 fully saturated rings. The van der Waals surface area contributed by atoms with E-state index < -0.39 is 0 Å². The van der Waals surface area contributed by atoms with Crippen LogP contribution in [0.2, 0.25) is 10.0 Å². The molecule has 1 N–H and O–H groups in total. The number of unbranched alkanes of at least 4 members (excludes halogenated alkanes) is 4. The molecular weight excluding hydrogens is 321 g/mol. The number of carbonyl (C=O) groups is 1. The molecule has 5 heteroatoms. The van der Waals surface area contributed by atoms with E-state index in [-0.39, 0.29) is 5.91 Å². The SMILES string of the molecule is CCCCCCCNC(=O)CCCOc1ccc(Cl)cc1Cl. The minimum Gasteiger partial charge on any atom is -0.492 e. The van der Waals surface area contributed by atoms with Crippen LogP contribution in [-0.2, 0) is 4.79 Å². The molecule has 1 aromatic rings. The lowest BCUT2D eigenvalue weighted by Gasteiger charge is -2.08. The molecule has 0 spiro atoms. The van der Waals surface area contributed by atoms with E-state index in [1.807, 2.05) is 0 Å². The smallest absolute Gasteiger partial charge is 0.220 e. The van der Waals surface area contributed by atoms with Gasteiger partial charge in [0.1, 0.15) is 5.75 Å². The number of nitrogens with one attached hydrogen (secondary N) is 1. The molecule has 124 valence electrons. The van der Waals surface area contributed by atoms with Crippen LogP contribution in [0.5, 0.6) is 5.75 Å². The quantitative estimate of drug-likeness (QED) is 0.557. The average Bonchev–Trinajstić information content (AvgIpc) is 2.49. The summed E-state index contributed by atoms with van der Waals surface area (Å²) in [6.45, 7) is 3.43. The van der Waals surface area contributed by atoms with Gasteiger partial charge in [-0.3, -0.25) is 4.79 Å².